The minimum Gasteiger partial charge on any atom is -0.211 e. The van der Waals surface area contributed by atoms with Crippen molar-refractivity contribution in [3.8, 4) is 0 Å². The van der Waals surface area contributed by atoms with Crippen LogP contribution in [0.2, 0.25) is 10.0 Å². The van der Waals surface area contributed by atoms with Gasteiger partial charge in [-0.3, -0.25) is 0 Å². The summed E-state index contributed by atoms with van der Waals surface area (Å²) in [6.45, 7) is 5.27. The Kier molecular flexibility index (Phi) is 14.9. The second-order valence-corrected chi connectivity index (χ2v) is 15.1. The largest absolute Gasteiger partial charge is 0.241 e. The summed E-state index contributed by atoms with van der Waals surface area (Å²) in [5.74, 6) is 0. The summed E-state index contributed by atoms with van der Waals surface area (Å²) in [7, 11) is -7.01. The fourth-order valence-electron chi connectivity index (χ4n) is 4.98. The maximum absolute atomic E-state index is 12.5. The van der Waals surface area contributed by atoms with E-state index in [1.807, 2.05) is 12.1 Å². The number of hydrogen-bond acceptors (Lipinski definition) is 4. The van der Waals surface area contributed by atoms with Gasteiger partial charge in [0.1, 0.15) is 0 Å². The Morgan fingerprint density at radius 3 is 1.20 bits per heavy atom. The molecule has 0 amide bonds. The number of rotatable bonds is 16. The van der Waals surface area contributed by atoms with Crippen molar-refractivity contribution in [2.45, 2.75) is 87.8 Å². The van der Waals surface area contributed by atoms with Crippen molar-refractivity contribution in [1.29, 1.82) is 0 Å². The lowest BCUT2D eigenvalue weighted by molar-refractivity contribution is 0.570. The Labute approximate surface area is 273 Å². The van der Waals surface area contributed by atoms with Crippen molar-refractivity contribution in [3.63, 3.8) is 0 Å². The molecule has 4 aromatic carbocycles. The SMILES string of the molecule is CCCCCCCNS(=O)(=O)c1cccc2c(Cl)cccc12.CCCCCCCNS(=O)(=O)c1cccc2c(Cl)cccc12. The lowest BCUT2D eigenvalue weighted by Crippen LogP contribution is -2.25. The second kappa shape index (κ2) is 18.1. The van der Waals surface area contributed by atoms with Gasteiger partial charge in [0.15, 0.2) is 0 Å². The number of hydrogen-bond donors (Lipinski definition) is 2. The van der Waals surface area contributed by atoms with Gasteiger partial charge in [0, 0.05) is 44.7 Å². The third kappa shape index (κ3) is 10.4. The van der Waals surface area contributed by atoms with Gasteiger partial charge in [0.05, 0.1) is 9.79 Å². The quantitative estimate of drug-likeness (QED) is 0.115. The zero-order valence-corrected chi connectivity index (χ0v) is 28.8. The highest BCUT2D eigenvalue weighted by atomic mass is 35.5. The Hall–Kier alpha value is -2.20. The minimum absolute atomic E-state index is 0.293. The van der Waals surface area contributed by atoms with Crippen LogP contribution in [0.15, 0.2) is 82.6 Å². The van der Waals surface area contributed by atoms with Crippen LogP contribution >= 0.6 is 23.2 Å². The molecule has 4 aromatic rings. The third-order valence-corrected chi connectivity index (χ3v) is 11.1. The highest BCUT2D eigenvalue weighted by Gasteiger charge is 2.18. The Balaban J connectivity index is 0.000000240. The first kappa shape index (κ1) is 36.3. The number of sulfonamides is 2. The van der Waals surface area contributed by atoms with Crippen LogP contribution in [0.4, 0.5) is 0 Å². The molecule has 0 aliphatic heterocycles. The predicted octanol–water partition coefficient (Wildman–Crippen LogP) is 9.48. The molecular weight excluding hydrogens is 635 g/mol. The lowest BCUT2D eigenvalue weighted by Gasteiger charge is -2.10. The number of halogens is 2. The standard InChI is InChI=1S/2C17H22ClNO2S/c2*1-2-3-4-5-6-13-19-22(20,21)17-12-8-9-14-15(17)10-7-11-16(14)18/h2*7-12,19H,2-6,13H2,1H3. The van der Waals surface area contributed by atoms with Gasteiger partial charge < -0.3 is 0 Å². The van der Waals surface area contributed by atoms with Gasteiger partial charge in [-0.2, -0.15) is 0 Å². The Morgan fingerprint density at radius 2 is 0.818 bits per heavy atom. The molecule has 0 atom stereocenters. The maximum Gasteiger partial charge on any atom is 0.241 e. The summed E-state index contributed by atoms with van der Waals surface area (Å²) in [4.78, 5) is 0.585. The topological polar surface area (TPSA) is 92.3 Å². The van der Waals surface area contributed by atoms with Crippen LogP contribution in [0.25, 0.3) is 21.5 Å². The van der Waals surface area contributed by atoms with Gasteiger partial charge in [-0.25, -0.2) is 26.3 Å². The van der Waals surface area contributed by atoms with E-state index in [2.05, 4.69) is 23.3 Å². The molecular formula is C34H44Cl2N2O4S2. The zero-order valence-electron chi connectivity index (χ0n) is 25.6. The molecule has 0 fully saturated rings. The van der Waals surface area contributed by atoms with Crippen LogP contribution in [-0.4, -0.2) is 29.9 Å². The van der Waals surface area contributed by atoms with E-state index in [1.165, 1.54) is 25.7 Å². The summed E-state index contributed by atoms with van der Waals surface area (Å²) in [6.07, 6.45) is 10.9. The Morgan fingerprint density at radius 1 is 0.477 bits per heavy atom. The third-order valence-electron chi connectivity index (χ3n) is 7.38. The first-order chi connectivity index (χ1) is 21.1. The van der Waals surface area contributed by atoms with Crippen LogP contribution in [0.3, 0.4) is 0 Å². The lowest BCUT2D eigenvalue weighted by atomic mass is 10.1. The van der Waals surface area contributed by atoms with Gasteiger partial charge in [0.2, 0.25) is 20.0 Å². The van der Waals surface area contributed by atoms with Crippen molar-refractivity contribution in [1.82, 2.24) is 9.44 Å². The molecule has 0 heterocycles. The fraction of sp³-hybridized carbons (Fsp3) is 0.412. The fourth-order valence-corrected chi connectivity index (χ4v) is 8.04. The summed E-state index contributed by atoms with van der Waals surface area (Å²) in [5.41, 5.74) is 0. The molecule has 0 spiro atoms. The molecule has 0 aliphatic carbocycles. The first-order valence-electron chi connectivity index (χ1n) is 15.5. The molecule has 2 N–H and O–H groups in total. The molecule has 0 aliphatic rings. The van der Waals surface area contributed by atoms with E-state index in [0.717, 1.165) is 49.3 Å². The molecule has 44 heavy (non-hydrogen) atoms. The number of benzene rings is 4. The van der Waals surface area contributed by atoms with Crippen molar-refractivity contribution < 1.29 is 16.8 Å². The molecule has 240 valence electrons. The monoisotopic (exact) mass is 678 g/mol. The Bertz CT molecular complexity index is 1580. The van der Waals surface area contributed by atoms with Crippen molar-refractivity contribution >= 4 is 64.8 Å². The van der Waals surface area contributed by atoms with E-state index >= 15 is 0 Å². The molecule has 0 bridgehead atoms. The molecule has 4 rings (SSSR count). The molecule has 0 aromatic heterocycles. The van der Waals surface area contributed by atoms with Crippen molar-refractivity contribution in [2.75, 3.05) is 13.1 Å². The molecule has 10 heteroatoms. The molecule has 0 saturated carbocycles. The smallest absolute Gasteiger partial charge is 0.211 e. The minimum atomic E-state index is -3.51. The summed E-state index contributed by atoms with van der Waals surface area (Å²) in [6, 6.07) is 21.0. The molecule has 0 unspecified atom stereocenters. The average Bonchev–Trinajstić information content (AvgIpc) is 3.01. The number of unbranched alkanes of at least 4 members (excludes halogenated alkanes) is 8. The van der Waals surface area contributed by atoms with E-state index in [1.54, 1.807) is 60.7 Å². The van der Waals surface area contributed by atoms with Crippen LogP contribution in [0, 0.1) is 0 Å². The van der Waals surface area contributed by atoms with Gasteiger partial charge in [0.25, 0.3) is 0 Å². The maximum atomic E-state index is 12.5. The van der Waals surface area contributed by atoms with E-state index in [0.29, 0.717) is 43.7 Å². The van der Waals surface area contributed by atoms with Gasteiger partial charge in [-0.1, -0.05) is 137 Å². The van der Waals surface area contributed by atoms with E-state index in [-0.39, 0.29) is 0 Å². The van der Waals surface area contributed by atoms with E-state index < -0.39 is 20.0 Å². The van der Waals surface area contributed by atoms with Crippen LogP contribution in [0.5, 0.6) is 0 Å². The van der Waals surface area contributed by atoms with Gasteiger partial charge in [-0.15, -0.1) is 0 Å². The second-order valence-electron chi connectivity index (χ2n) is 10.8. The molecule has 0 saturated heterocycles. The van der Waals surface area contributed by atoms with Crippen LogP contribution in [-0.2, 0) is 20.0 Å². The van der Waals surface area contributed by atoms with Crippen molar-refractivity contribution in [3.05, 3.63) is 82.8 Å². The number of nitrogens with one attached hydrogen (secondary N) is 2. The normalized spacial score (nSPS) is 11.9. The summed E-state index contributed by atoms with van der Waals surface area (Å²) < 4.78 is 55.4. The first-order valence-corrected chi connectivity index (χ1v) is 19.2. The van der Waals surface area contributed by atoms with Crippen LogP contribution < -0.4 is 9.44 Å². The van der Waals surface area contributed by atoms with Crippen LogP contribution in [0.1, 0.15) is 78.1 Å². The van der Waals surface area contributed by atoms with Gasteiger partial charge >= 0.3 is 0 Å². The summed E-state index contributed by atoms with van der Waals surface area (Å²) >= 11 is 12.3. The van der Waals surface area contributed by atoms with Crippen molar-refractivity contribution in [2.24, 2.45) is 0 Å². The zero-order chi connectivity index (χ0) is 32.0. The number of fused-ring (bicyclic) bond motifs is 2. The predicted molar refractivity (Wildman–Crippen MR) is 186 cm³/mol. The molecule has 0 radical (unpaired) electrons. The average molecular weight is 680 g/mol. The van der Waals surface area contributed by atoms with E-state index in [9.17, 15) is 16.8 Å². The highest BCUT2D eigenvalue weighted by Crippen LogP contribution is 2.29. The van der Waals surface area contributed by atoms with Gasteiger partial charge in [-0.05, 0) is 37.1 Å². The van der Waals surface area contributed by atoms with E-state index in [4.69, 9.17) is 23.2 Å². The summed E-state index contributed by atoms with van der Waals surface area (Å²) in [5, 5.41) is 3.97. The highest BCUT2D eigenvalue weighted by molar-refractivity contribution is 7.90. The molecule has 6 nitrogen and oxygen atoms in total.